The number of aryl methyl sites for hydroxylation is 1. The molecule has 0 unspecified atom stereocenters. The van der Waals surface area contributed by atoms with Crippen molar-refractivity contribution in [3.8, 4) is 0 Å². The van der Waals surface area contributed by atoms with Gasteiger partial charge >= 0.3 is 0 Å². The quantitative estimate of drug-likeness (QED) is 0.607. The number of pyridine rings is 1. The number of rotatable bonds is 4. The van der Waals surface area contributed by atoms with Gasteiger partial charge in [-0.25, -0.2) is 13.4 Å². The molecular formula is C16H20N4O4S. The van der Waals surface area contributed by atoms with E-state index in [1.165, 1.54) is 10.4 Å². The van der Waals surface area contributed by atoms with Gasteiger partial charge in [0.05, 0.1) is 10.7 Å². The first kappa shape index (κ1) is 17.6. The number of fused-ring (bicyclic) bond motifs is 1. The third kappa shape index (κ3) is 3.29. The summed E-state index contributed by atoms with van der Waals surface area (Å²) in [5.41, 5.74) is 1.90. The van der Waals surface area contributed by atoms with Crippen molar-refractivity contribution in [3.05, 3.63) is 40.1 Å². The maximum atomic E-state index is 12.0. The first-order chi connectivity index (χ1) is 11.8. The summed E-state index contributed by atoms with van der Waals surface area (Å²) >= 11 is 0. The number of benzene rings is 1. The fourth-order valence-electron chi connectivity index (χ4n) is 3.14. The van der Waals surface area contributed by atoms with Gasteiger partial charge in [-0.2, -0.15) is 4.31 Å². The van der Waals surface area contributed by atoms with Gasteiger partial charge in [0, 0.05) is 49.0 Å². The number of para-hydroxylation sites is 1. The van der Waals surface area contributed by atoms with Gasteiger partial charge in [0.1, 0.15) is 0 Å². The molecule has 1 saturated heterocycles. The molecule has 134 valence electrons. The van der Waals surface area contributed by atoms with Gasteiger partial charge in [-0.3, -0.25) is 10.1 Å². The zero-order chi connectivity index (χ0) is 18.2. The van der Waals surface area contributed by atoms with Crippen LogP contribution in [0.1, 0.15) is 12.6 Å². The minimum Gasteiger partial charge on any atom is -0.368 e. The van der Waals surface area contributed by atoms with E-state index in [1.54, 1.807) is 19.9 Å². The van der Waals surface area contributed by atoms with Crippen molar-refractivity contribution >= 4 is 32.3 Å². The molecule has 9 heteroatoms. The van der Waals surface area contributed by atoms with Gasteiger partial charge in [-0.1, -0.05) is 12.1 Å². The smallest absolute Gasteiger partial charge is 0.295 e. The van der Waals surface area contributed by atoms with Crippen molar-refractivity contribution in [2.75, 3.05) is 36.8 Å². The van der Waals surface area contributed by atoms with Crippen molar-refractivity contribution < 1.29 is 13.3 Å². The summed E-state index contributed by atoms with van der Waals surface area (Å²) in [6, 6.07) is 6.82. The highest BCUT2D eigenvalue weighted by atomic mass is 32.2. The number of non-ortho nitro benzene ring substituents is 1. The second kappa shape index (κ2) is 6.57. The summed E-state index contributed by atoms with van der Waals surface area (Å²) in [7, 11) is -3.19. The van der Waals surface area contributed by atoms with Crippen LogP contribution in [0, 0.1) is 17.0 Å². The second-order valence-corrected chi connectivity index (χ2v) is 8.26. The van der Waals surface area contributed by atoms with E-state index in [2.05, 4.69) is 9.88 Å². The summed E-state index contributed by atoms with van der Waals surface area (Å²) in [4.78, 5) is 17.3. The van der Waals surface area contributed by atoms with E-state index < -0.39 is 14.9 Å². The lowest BCUT2D eigenvalue weighted by Crippen LogP contribution is -2.49. The van der Waals surface area contributed by atoms with Crippen LogP contribution in [0.2, 0.25) is 0 Å². The van der Waals surface area contributed by atoms with Crippen LogP contribution in [0.15, 0.2) is 24.3 Å². The van der Waals surface area contributed by atoms with E-state index in [1.807, 2.05) is 12.1 Å². The lowest BCUT2D eigenvalue weighted by atomic mass is 10.1. The molecule has 0 amide bonds. The molecule has 0 bridgehead atoms. The highest BCUT2D eigenvalue weighted by Crippen LogP contribution is 2.32. The minimum absolute atomic E-state index is 0.0188. The van der Waals surface area contributed by atoms with Crippen LogP contribution in [-0.4, -0.2) is 54.6 Å². The number of hydrogen-bond donors (Lipinski definition) is 0. The Labute approximate surface area is 146 Å². The topological polar surface area (TPSA) is 96.7 Å². The van der Waals surface area contributed by atoms with Crippen LogP contribution in [0.3, 0.4) is 0 Å². The molecule has 0 saturated carbocycles. The van der Waals surface area contributed by atoms with E-state index in [4.69, 9.17) is 0 Å². The summed E-state index contributed by atoms with van der Waals surface area (Å²) in [6.07, 6.45) is 0. The Balaban J connectivity index is 1.98. The fourth-order valence-corrected chi connectivity index (χ4v) is 4.22. The van der Waals surface area contributed by atoms with Gasteiger partial charge in [-0.05, 0) is 19.9 Å². The molecule has 3 rings (SSSR count). The normalized spacial score (nSPS) is 16.3. The summed E-state index contributed by atoms with van der Waals surface area (Å²) in [6.45, 7) is 5.35. The largest absolute Gasteiger partial charge is 0.368 e. The Morgan fingerprint density at radius 3 is 2.52 bits per heavy atom. The maximum absolute atomic E-state index is 12.0. The van der Waals surface area contributed by atoms with Crippen LogP contribution in [0.25, 0.3) is 10.9 Å². The molecular weight excluding hydrogens is 344 g/mol. The van der Waals surface area contributed by atoms with E-state index in [0.29, 0.717) is 42.8 Å². The molecule has 0 spiro atoms. The van der Waals surface area contributed by atoms with E-state index in [-0.39, 0.29) is 11.4 Å². The molecule has 1 aromatic heterocycles. The average Bonchev–Trinajstić information content (AvgIpc) is 2.60. The number of nitrogens with zero attached hydrogens (tertiary/aromatic N) is 4. The van der Waals surface area contributed by atoms with Crippen molar-refractivity contribution in [2.24, 2.45) is 0 Å². The molecule has 8 nitrogen and oxygen atoms in total. The van der Waals surface area contributed by atoms with E-state index in [9.17, 15) is 18.5 Å². The van der Waals surface area contributed by atoms with Crippen LogP contribution in [0.5, 0.6) is 0 Å². The summed E-state index contributed by atoms with van der Waals surface area (Å²) in [5.74, 6) is 0.0937. The van der Waals surface area contributed by atoms with E-state index in [0.717, 1.165) is 5.69 Å². The van der Waals surface area contributed by atoms with Crippen molar-refractivity contribution in [2.45, 2.75) is 13.8 Å². The number of piperazine rings is 1. The molecule has 0 radical (unpaired) electrons. The number of aromatic nitrogens is 1. The first-order valence-corrected chi connectivity index (χ1v) is 9.72. The summed E-state index contributed by atoms with van der Waals surface area (Å²) in [5, 5.41) is 12.0. The highest BCUT2D eigenvalue weighted by Gasteiger charge is 2.27. The Morgan fingerprint density at radius 2 is 1.92 bits per heavy atom. The Hall–Kier alpha value is -2.26. The number of anilines is 1. The third-order valence-corrected chi connectivity index (χ3v) is 6.34. The van der Waals surface area contributed by atoms with Gasteiger partial charge in [-0.15, -0.1) is 0 Å². The molecule has 0 atom stereocenters. The standard InChI is InChI=1S/C16H20N4O4S/c1-3-25(23,24)19-9-7-18(8-10-19)15-11-12(2)17-16-13(15)5-4-6-14(16)20(21)22/h4-6,11H,3,7-10H2,1-2H3. The third-order valence-electron chi connectivity index (χ3n) is 4.46. The summed E-state index contributed by atoms with van der Waals surface area (Å²) < 4.78 is 25.5. The average molecular weight is 364 g/mol. The number of nitro groups is 1. The van der Waals surface area contributed by atoms with Gasteiger partial charge in [0.2, 0.25) is 10.0 Å². The Kier molecular flexibility index (Phi) is 4.61. The van der Waals surface area contributed by atoms with Crippen LogP contribution < -0.4 is 4.90 Å². The molecule has 25 heavy (non-hydrogen) atoms. The molecule has 1 aliphatic rings. The molecule has 2 aromatic rings. The maximum Gasteiger partial charge on any atom is 0.295 e. The van der Waals surface area contributed by atoms with Gasteiger partial charge < -0.3 is 4.90 Å². The lowest BCUT2D eigenvalue weighted by molar-refractivity contribution is -0.383. The molecule has 1 aromatic carbocycles. The first-order valence-electron chi connectivity index (χ1n) is 8.11. The highest BCUT2D eigenvalue weighted by molar-refractivity contribution is 7.89. The Morgan fingerprint density at radius 1 is 1.24 bits per heavy atom. The van der Waals surface area contributed by atoms with Gasteiger partial charge in [0.25, 0.3) is 5.69 Å². The monoisotopic (exact) mass is 364 g/mol. The Bertz CT molecular complexity index is 921. The van der Waals surface area contributed by atoms with Crippen LogP contribution in [0.4, 0.5) is 11.4 Å². The zero-order valence-corrected chi connectivity index (χ0v) is 15.0. The molecule has 0 N–H and O–H groups in total. The second-order valence-electron chi connectivity index (χ2n) is 6.00. The predicted molar refractivity (Wildman–Crippen MR) is 96.4 cm³/mol. The van der Waals surface area contributed by atoms with E-state index >= 15 is 0 Å². The number of nitro benzene ring substituents is 1. The number of hydrogen-bond acceptors (Lipinski definition) is 6. The van der Waals surface area contributed by atoms with Crippen molar-refractivity contribution in [1.29, 1.82) is 0 Å². The van der Waals surface area contributed by atoms with Crippen molar-refractivity contribution in [3.63, 3.8) is 0 Å². The number of sulfonamides is 1. The molecule has 1 fully saturated rings. The van der Waals surface area contributed by atoms with Gasteiger partial charge in [0.15, 0.2) is 5.52 Å². The van der Waals surface area contributed by atoms with Crippen molar-refractivity contribution in [1.82, 2.24) is 9.29 Å². The molecule has 1 aliphatic heterocycles. The SMILES string of the molecule is CCS(=O)(=O)N1CCN(c2cc(C)nc3c([N+](=O)[O-])cccc23)CC1. The molecule has 2 heterocycles. The minimum atomic E-state index is -3.19. The molecule has 0 aliphatic carbocycles. The van der Waals surface area contributed by atoms with Crippen LogP contribution in [-0.2, 0) is 10.0 Å². The van der Waals surface area contributed by atoms with Crippen LogP contribution >= 0.6 is 0 Å². The predicted octanol–water partition coefficient (Wildman–Crippen LogP) is 1.92. The lowest BCUT2D eigenvalue weighted by Gasteiger charge is -2.35. The fraction of sp³-hybridized carbons (Fsp3) is 0.438. The zero-order valence-electron chi connectivity index (χ0n) is 14.2.